The van der Waals surface area contributed by atoms with Crippen LogP contribution < -0.4 is 5.73 Å². The summed E-state index contributed by atoms with van der Waals surface area (Å²) in [4.78, 5) is 10.3. The number of aryl methyl sites for hydroxylation is 1. The van der Waals surface area contributed by atoms with Gasteiger partial charge in [0.15, 0.2) is 0 Å². The number of carboxylic acids is 1. The Bertz CT molecular complexity index is 366. The summed E-state index contributed by atoms with van der Waals surface area (Å²) < 4.78 is 12.9. The molecule has 1 aromatic carbocycles. The molecule has 0 heterocycles. The van der Waals surface area contributed by atoms with Crippen molar-refractivity contribution in [1.82, 2.24) is 0 Å². The average Bonchev–Trinajstić information content (AvgIpc) is 2.18. The van der Waals surface area contributed by atoms with Crippen molar-refractivity contribution in [3.05, 3.63) is 35.1 Å². The number of hydrogen-bond acceptors (Lipinski definition) is 2. The van der Waals surface area contributed by atoms with Crippen LogP contribution in [0.3, 0.4) is 0 Å². The van der Waals surface area contributed by atoms with E-state index in [0.29, 0.717) is 12.0 Å². The molecule has 1 atom stereocenters. The van der Waals surface area contributed by atoms with Gasteiger partial charge in [-0.25, -0.2) is 4.39 Å². The van der Waals surface area contributed by atoms with Gasteiger partial charge in [-0.15, -0.1) is 0 Å². The van der Waals surface area contributed by atoms with E-state index < -0.39 is 5.97 Å². The SMILES string of the molecule is Cc1cc(C(N)CCC(=O)O)ccc1F. The van der Waals surface area contributed by atoms with Crippen LogP contribution in [0.2, 0.25) is 0 Å². The number of carbonyl (C=O) groups is 1. The Morgan fingerprint density at radius 3 is 2.80 bits per heavy atom. The fourth-order valence-corrected chi connectivity index (χ4v) is 1.34. The number of rotatable bonds is 4. The molecule has 0 radical (unpaired) electrons. The summed E-state index contributed by atoms with van der Waals surface area (Å²) in [6.07, 6.45) is 0.387. The predicted molar refractivity (Wildman–Crippen MR) is 54.9 cm³/mol. The van der Waals surface area contributed by atoms with Crippen LogP contribution in [-0.4, -0.2) is 11.1 Å². The molecule has 0 spiro atoms. The molecule has 15 heavy (non-hydrogen) atoms. The van der Waals surface area contributed by atoms with Gasteiger partial charge in [-0.1, -0.05) is 12.1 Å². The van der Waals surface area contributed by atoms with Gasteiger partial charge < -0.3 is 10.8 Å². The van der Waals surface area contributed by atoms with Crippen LogP contribution in [0.15, 0.2) is 18.2 Å². The molecule has 3 nitrogen and oxygen atoms in total. The maximum Gasteiger partial charge on any atom is 0.303 e. The van der Waals surface area contributed by atoms with E-state index >= 15 is 0 Å². The van der Waals surface area contributed by atoms with Crippen LogP contribution in [0.5, 0.6) is 0 Å². The zero-order chi connectivity index (χ0) is 11.4. The third-order valence-corrected chi connectivity index (χ3v) is 2.28. The molecule has 1 unspecified atom stereocenters. The lowest BCUT2D eigenvalue weighted by Gasteiger charge is -2.11. The van der Waals surface area contributed by atoms with Crippen LogP contribution in [0.4, 0.5) is 4.39 Å². The van der Waals surface area contributed by atoms with Gasteiger partial charge in [0.1, 0.15) is 5.82 Å². The maximum atomic E-state index is 12.9. The molecule has 0 fully saturated rings. The lowest BCUT2D eigenvalue weighted by Crippen LogP contribution is -2.12. The van der Waals surface area contributed by atoms with E-state index in [1.54, 1.807) is 19.1 Å². The minimum absolute atomic E-state index is 0.0254. The Hall–Kier alpha value is -1.42. The van der Waals surface area contributed by atoms with E-state index in [-0.39, 0.29) is 18.3 Å². The van der Waals surface area contributed by atoms with Crippen molar-refractivity contribution in [2.45, 2.75) is 25.8 Å². The highest BCUT2D eigenvalue weighted by atomic mass is 19.1. The van der Waals surface area contributed by atoms with E-state index in [1.165, 1.54) is 6.07 Å². The highest BCUT2D eigenvalue weighted by Crippen LogP contribution is 2.18. The molecular weight excluding hydrogens is 197 g/mol. The van der Waals surface area contributed by atoms with Gasteiger partial charge in [-0.05, 0) is 30.5 Å². The maximum absolute atomic E-state index is 12.9. The van der Waals surface area contributed by atoms with Crippen LogP contribution in [-0.2, 0) is 4.79 Å². The summed E-state index contributed by atoms with van der Waals surface area (Å²) in [5.41, 5.74) is 7.08. The average molecular weight is 211 g/mol. The second-order valence-corrected chi connectivity index (χ2v) is 3.55. The highest BCUT2D eigenvalue weighted by molar-refractivity contribution is 5.66. The summed E-state index contributed by atoms with van der Waals surface area (Å²) in [5.74, 6) is -1.14. The van der Waals surface area contributed by atoms with Crippen LogP contribution in [0.25, 0.3) is 0 Å². The molecule has 0 saturated carbocycles. The summed E-state index contributed by atoms with van der Waals surface area (Å²) in [6.45, 7) is 1.66. The third-order valence-electron chi connectivity index (χ3n) is 2.28. The van der Waals surface area contributed by atoms with Gasteiger partial charge in [0.25, 0.3) is 0 Å². The van der Waals surface area contributed by atoms with Crippen molar-refractivity contribution in [2.75, 3.05) is 0 Å². The third kappa shape index (κ3) is 3.32. The number of carboxylic acid groups (broad SMARTS) is 1. The molecular formula is C11H14FNO2. The number of nitrogens with two attached hydrogens (primary N) is 1. The van der Waals surface area contributed by atoms with E-state index in [2.05, 4.69) is 0 Å². The molecule has 3 N–H and O–H groups in total. The van der Waals surface area contributed by atoms with Crippen LogP contribution in [0, 0.1) is 12.7 Å². The normalized spacial score (nSPS) is 12.5. The van der Waals surface area contributed by atoms with Gasteiger partial charge in [0.05, 0.1) is 0 Å². The van der Waals surface area contributed by atoms with Crippen molar-refractivity contribution in [3.63, 3.8) is 0 Å². The monoisotopic (exact) mass is 211 g/mol. The summed E-state index contributed by atoms with van der Waals surface area (Å²) in [7, 11) is 0. The molecule has 0 aliphatic heterocycles. The smallest absolute Gasteiger partial charge is 0.303 e. The Morgan fingerprint density at radius 2 is 2.27 bits per heavy atom. The molecule has 0 saturated heterocycles. The van der Waals surface area contributed by atoms with Crippen LogP contribution >= 0.6 is 0 Å². The Balaban J connectivity index is 2.69. The fourth-order valence-electron chi connectivity index (χ4n) is 1.34. The summed E-state index contributed by atoms with van der Waals surface area (Å²) in [6, 6.07) is 4.25. The summed E-state index contributed by atoms with van der Waals surface area (Å²) >= 11 is 0. The Morgan fingerprint density at radius 1 is 1.60 bits per heavy atom. The van der Waals surface area contributed by atoms with E-state index in [4.69, 9.17) is 10.8 Å². The number of benzene rings is 1. The quantitative estimate of drug-likeness (QED) is 0.800. The largest absolute Gasteiger partial charge is 0.481 e. The van der Waals surface area contributed by atoms with Gasteiger partial charge >= 0.3 is 5.97 Å². The molecule has 0 aromatic heterocycles. The zero-order valence-corrected chi connectivity index (χ0v) is 8.53. The first-order valence-corrected chi connectivity index (χ1v) is 4.74. The van der Waals surface area contributed by atoms with Crippen molar-refractivity contribution in [3.8, 4) is 0 Å². The first-order chi connectivity index (χ1) is 7.00. The number of hydrogen-bond donors (Lipinski definition) is 2. The van der Waals surface area contributed by atoms with Crippen molar-refractivity contribution in [2.24, 2.45) is 5.73 Å². The molecule has 4 heteroatoms. The molecule has 82 valence electrons. The predicted octanol–water partition coefficient (Wildman–Crippen LogP) is 2.00. The van der Waals surface area contributed by atoms with Crippen LogP contribution in [0.1, 0.15) is 30.0 Å². The summed E-state index contributed by atoms with van der Waals surface area (Å²) in [5, 5.41) is 8.49. The van der Waals surface area contributed by atoms with Crippen molar-refractivity contribution >= 4 is 5.97 Å². The molecule has 0 aliphatic rings. The topological polar surface area (TPSA) is 63.3 Å². The molecule has 1 aromatic rings. The molecule has 0 bridgehead atoms. The highest BCUT2D eigenvalue weighted by Gasteiger charge is 2.09. The second kappa shape index (κ2) is 4.89. The second-order valence-electron chi connectivity index (χ2n) is 3.55. The van der Waals surface area contributed by atoms with E-state index in [1.807, 2.05) is 0 Å². The first kappa shape index (κ1) is 11.7. The lowest BCUT2D eigenvalue weighted by atomic mass is 10.0. The van der Waals surface area contributed by atoms with Crippen molar-refractivity contribution < 1.29 is 14.3 Å². The van der Waals surface area contributed by atoms with Gasteiger partial charge in [0.2, 0.25) is 0 Å². The standard InChI is InChI=1S/C11H14FNO2/c1-7-6-8(2-3-9(7)12)10(13)4-5-11(14)15/h2-3,6,10H,4-5,13H2,1H3,(H,14,15). The molecule has 1 rings (SSSR count). The Kier molecular flexibility index (Phi) is 3.80. The van der Waals surface area contributed by atoms with Gasteiger partial charge in [-0.3, -0.25) is 4.79 Å². The minimum atomic E-state index is -0.871. The van der Waals surface area contributed by atoms with Crippen molar-refractivity contribution in [1.29, 1.82) is 0 Å². The minimum Gasteiger partial charge on any atom is -0.481 e. The molecule has 0 amide bonds. The van der Waals surface area contributed by atoms with Gasteiger partial charge in [0, 0.05) is 12.5 Å². The van der Waals surface area contributed by atoms with E-state index in [9.17, 15) is 9.18 Å². The number of halogens is 1. The zero-order valence-electron chi connectivity index (χ0n) is 8.53. The van der Waals surface area contributed by atoms with Gasteiger partial charge in [-0.2, -0.15) is 0 Å². The Labute approximate surface area is 87.7 Å². The molecule has 0 aliphatic carbocycles. The fraction of sp³-hybridized carbons (Fsp3) is 0.364. The lowest BCUT2D eigenvalue weighted by molar-refractivity contribution is -0.137. The van der Waals surface area contributed by atoms with E-state index in [0.717, 1.165) is 5.56 Å². The first-order valence-electron chi connectivity index (χ1n) is 4.74. The number of aliphatic carboxylic acids is 1.